The van der Waals surface area contributed by atoms with Crippen LogP contribution in [0.3, 0.4) is 0 Å². The highest BCUT2D eigenvalue weighted by Crippen LogP contribution is 2.52. The van der Waals surface area contributed by atoms with Gasteiger partial charge >= 0.3 is 6.18 Å². The van der Waals surface area contributed by atoms with Crippen LogP contribution in [0.15, 0.2) is 4.52 Å². The van der Waals surface area contributed by atoms with Gasteiger partial charge in [0.05, 0.1) is 13.1 Å². The van der Waals surface area contributed by atoms with Crippen LogP contribution in [-0.4, -0.2) is 22.9 Å². The van der Waals surface area contributed by atoms with Crippen molar-refractivity contribution < 1.29 is 17.7 Å². The summed E-state index contributed by atoms with van der Waals surface area (Å²) < 4.78 is 41.0. The van der Waals surface area contributed by atoms with Gasteiger partial charge in [-0.25, -0.2) is 0 Å². The lowest BCUT2D eigenvalue weighted by molar-refractivity contribution is -0.125. The van der Waals surface area contributed by atoms with Crippen molar-refractivity contribution in [2.45, 2.75) is 44.3 Å². The SMILES string of the molecule is FC(F)(F)CNCc1nc(C2CC3CCC2C3)no1. The molecular formula is C12H16F3N3O. The minimum atomic E-state index is -4.21. The van der Waals surface area contributed by atoms with Crippen LogP contribution in [0.4, 0.5) is 13.2 Å². The fraction of sp³-hybridized carbons (Fsp3) is 0.833. The second kappa shape index (κ2) is 4.77. The van der Waals surface area contributed by atoms with Gasteiger partial charge in [-0.05, 0) is 31.1 Å². The fourth-order valence-corrected chi connectivity index (χ4v) is 3.36. The third-order valence-electron chi connectivity index (χ3n) is 4.16. The Morgan fingerprint density at radius 2 is 2.11 bits per heavy atom. The molecule has 2 fully saturated rings. The number of halogens is 3. The van der Waals surface area contributed by atoms with Gasteiger partial charge < -0.3 is 9.84 Å². The zero-order valence-electron chi connectivity index (χ0n) is 10.4. The van der Waals surface area contributed by atoms with E-state index >= 15 is 0 Å². The van der Waals surface area contributed by atoms with E-state index in [-0.39, 0.29) is 12.4 Å². The molecule has 0 aromatic carbocycles. The van der Waals surface area contributed by atoms with Gasteiger partial charge in [0.25, 0.3) is 0 Å². The summed E-state index contributed by atoms with van der Waals surface area (Å²) >= 11 is 0. The van der Waals surface area contributed by atoms with Gasteiger partial charge in [0.15, 0.2) is 5.82 Å². The van der Waals surface area contributed by atoms with Crippen molar-refractivity contribution in [3.63, 3.8) is 0 Å². The Kier molecular flexibility index (Phi) is 3.24. The monoisotopic (exact) mass is 275 g/mol. The summed E-state index contributed by atoms with van der Waals surface area (Å²) in [5, 5.41) is 6.18. The molecule has 1 N–H and O–H groups in total. The van der Waals surface area contributed by atoms with Gasteiger partial charge in [-0.3, -0.25) is 0 Å². The summed E-state index contributed by atoms with van der Waals surface area (Å²) in [6.07, 6.45) is 0.623. The first-order valence-electron chi connectivity index (χ1n) is 6.61. The van der Waals surface area contributed by atoms with E-state index in [1.165, 1.54) is 19.3 Å². The van der Waals surface area contributed by atoms with Crippen LogP contribution in [0.5, 0.6) is 0 Å². The second-order valence-electron chi connectivity index (χ2n) is 5.55. The lowest BCUT2D eigenvalue weighted by Gasteiger charge is -2.17. The first-order valence-corrected chi connectivity index (χ1v) is 6.61. The third-order valence-corrected chi connectivity index (χ3v) is 4.16. The Morgan fingerprint density at radius 3 is 2.74 bits per heavy atom. The summed E-state index contributed by atoms with van der Waals surface area (Å²) in [6, 6.07) is 0. The average molecular weight is 275 g/mol. The van der Waals surface area contributed by atoms with Crippen LogP contribution < -0.4 is 5.32 Å². The average Bonchev–Trinajstić information content (AvgIpc) is 3.02. The summed E-state index contributed by atoms with van der Waals surface area (Å²) in [7, 11) is 0. The summed E-state index contributed by atoms with van der Waals surface area (Å²) in [5.41, 5.74) is 0. The van der Waals surface area contributed by atoms with Gasteiger partial charge in [-0.15, -0.1) is 0 Å². The highest BCUT2D eigenvalue weighted by atomic mass is 19.4. The molecule has 0 aliphatic heterocycles. The standard InChI is InChI=1S/C12H16F3N3O/c13-12(14,15)6-16-5-10-17-11(18-19-10)9-4-7-1-2-8(9)3-7/h7-9,16H,1-6H2. The van der Waals surface area contributed by atoms with E-state index in [0.29, 0.717) is 17.7 Å². The number of hydrogen-bond acceptors (Lipinski definition) is 4. The Labute approximate surface area is 108 Å². The van der Waals surface area contributed by atoms with Crippen molar-refractivity contribution in [3.8, 4) is 0 Å². The minimum Gasteiger partial charge on any atom is -0.338 e. The van der Waals surface area contributed by atoms with Crippen molar-refractivity contribution in [2.75, 3.05) is 6.54 Å². The van der Waals surface area contributed by atoms with E-state index in [1.54, 1.807) is 0 Å². The van der Waals surface area contributed by atoms with Gasteiger partial charge in [0.1, 0.15) is 0 Å². The van der Waals surface area contributed by atoms with Crippen LogP contribution in [0.25, 0.3) is 0 Å². The smallest absolute Gasteiger partial charge is 0.338 e. The number of rotatable bonds is 4. The molecule has 7 heteroatoms. The van der Waals surface area contributed by atoms with E-state index in [4.69, 9.17) is 4.52 Å². The molecule has 2 bridgehead atoms. The Bertz CT molecular complexity index is 446. The van der Waals surface area contributed by atoms with Crippen molar-refractivity contribution in [3.05, 3.63) is 11.7 Å². The van der Waals surface area contributed by atoms with Crippen LogP contribution >= 0.6 is 0 Å². The van der Waals surface area contributed by atoms with Crippen molar-refractivity contribution in [1.29, 1.82) is 0 Å². The predicted molar refractivity (Wildman–Crippen MR) is 60.2 cm³/mol. The van der Waals surface area contributed by atoms with Crippen molar-refractivity contribution >= 4 is 0 Å². The molecular weight excluding hydrogens is 259 g/mol. The molecule has 0 spiro atoms. The largest absolute Gasteiger partial charge is 0.401 e. The molecule has 2 aliphatic carbocycles. The number of alkyl halides is 3. The number of fused-ring (bicyclic) bond motifs is 2. The van der Waals surface area contributed by atoms with Crippen LogP contribution in [0.2, 0.25) is 0 Å². The molecule has 1 heterocycles. The topological polar surface area (TPSA) is 51.0 Å². The Morgan fingerprint density at radius 1 is 1.26 bits per heavy atom. The van der Waals surface area contributed by atoms with Gasteiger partial charge in [-0.1, -0.05) is 11.6 Å². The molecule has 0 saturated heterocycles. The Balaban J connectivity index is 1.55. The lowest BCUT2D eigenvalue weighted by Crippen LogP contribution is -2.28. The molecule has 3 unspecified atom stereocenters. The molecule has 4 nitrogen and oxygen atoms in total. The molecule has 0 amide bonds. The summed E-state index contributed by atoms with van der Waals surface area (Å²) in [6.45, 7) is -1.08. The van der Waals surface area contributed by atoms with E-state index in [0.717, 1.165) is 12.3 Å². The van der Waals surface area contributed by atoms with Crippen molar-refractivity contribution in [1.82, 2.24) is 15.5 Å². The molecule has 106 valence electrons. The molecule has 3 rings (SSSR count). The second-order valence-corrected chi connectivity index (χ2v) is 5.55. The molecule has 2 saturated carbocycles. The predicted octanol–water partition coefficient (Wildman–Crippen LogP) is 2.63. The first-order chi connectivity index (χ1) is 9.01. The van der Waals surface area contributed by atoms with Gasteiger partial charge in [0.2, 0.25) is 5.89 Å². The summed E-state index contributed by atoms with van der Waals surface area (Å²) in [4.78, 5) is 4.22. The van der Waals surface area contributed by atoms with Crippen molar-refractivity contribution in [2.24, 2.45) is 11.8 Å². The van der Waals surface area contributed by atoms with Gasteiger partial charge in [-0.2, -0.15) is 18.2 Å². The molecule has 19 heavy (non-hydrogen) atoms. The maximum Gasteiger partial charge on any atom is 0.401 e. The molecule has 1 aromatic heterocycles. The number of hydrogen-bond donors (Lipinski definition) is 1. The summed E-state index contributed by atoms with van der Waals surface area (Å²) in [5.74, 6) is 2.68. The zero-order chi connectivity index (χ0) is 13.5. The van der Waals surface area contributed by atoms with Gasteiger partial charge in [0, 0.05) is 5.92 Å². The van der Waals surface area contributed by atoms with Crippen LogP contribution in [-0.2, 0) is 6.54 Å². The van der Waals surface area contributed by atoms with E-state index in [2.05, 4.69) is 15.5 Å². The molecule has 2 aliphatic rings. The molecule has 0 radical (unpaired) electrons. The number of nitrogens with one attached hydrogen (secondary N) is 1. The highest BCUT2D eigenvalue weighted by Gasteiger charge is 2.42. The number of aromatic nitrogens is 2. The Hall–Kier alpha value is -1.11. The zero-order valence-corrected chi connectivity index (χ0v) is 10.4. The van der Waals surface area contributed by atoms with Crippen LogP contribution in [0, 0.1) is 11.8 Å². The maximum absolute atomic E-state index is 12.0. The van der Waals surface area contributed by atoms with E-state index in [1.807, 2.05) is 0 Å². The molecule has 1 aromatic rings. The quantitative estimate of drug-likeness (QED) is 0.917. The van der Waals surface area contributed by atoms with Crippen LogP contribution in [0.1, 0.15) is 43.3 Å². The normalized spacial score (nSPS) is 30.2. The number of nitrogens with zero attached hydrogens (tertiary/aromatic N) is 2. The highest BCUT2D eigenvalue weighted by molar-refractivity contribution is 5.06. The molecule has 3 atom stereocenters. The maximum atomic E-state index is 12.0. The first kappa shape index (κ1) is 12.9. The fourth-order valence-electron chi connectivity index (χ4n) is 3.36. The lowest BCUT2D eigenvalue weighted by atomic mass is 9.88. The third kappa shape index (κ3) is 2.91. The van der Waals surface area contributed by atoms with E-state index < -0.39 is 12.7 Å². The minimum absolute atomic E-state index is 0.0344. The van der Waals surface area contributed by atoms with E-state index in [9.17, 15) is 13.2 Å².